The zero-order valence-electron chi connectivity index (χ0n) is 21.6. The summed E-state index contributed by atoms with van der Waals surface area (Å²) in [6, 6.07) is 20.5. The van der Waals surface area contributed by atoms with E-state index in [2.05, 4.69) is 5.32 Å². The number of carbonyl (C=O) groups is 2. The average Bonchev–Trinajstić information content (AvgIpc) is 3.21. The van der Waals surface area contributed by atoms with E-state index >= 15 is 0 Å². The van der Waals surface area contributed by atoms with Gasteiger partial charge in [0.05, 0.1) is 29.0 Å². The van der Waals surface area contributed by atoms with Gasteiger partial charge in [-0.2, -0.15) is 13.2 Å². The third kappa shape index (κ3) is 6.31. The molecule has 3 aromatic carbocycles. The van der Waals surface area contributed by atoms with Crippen molar-refractivity contribution >= 4 is 17.6 Å². The van der Waals surface area contributed by atoms with Gasteiger partial charge in [-0.3, -0.25) is 4.79 Å². The molecular weight excluding hydrogens is 509 g/mol. The Morgan fingerprint density at radius 1 is 0.923 bits per heavy atom. The van der Waals surface area contributed by atoms with Crippen LogP contribution in [0.5, 0.6) is 5.75 Å². The Kier molecular flexibility index (Phi) is 8.09. The Morgan fingerprint density at radius 3 is 2.33 bits per heavy atom. The lowest BCUT2D eigenvalue weighted by Gasteiger charge is -2.17. The fourth-order valence-electron chi connectivity index (χ4n) is 4.25. The maximum atomic E-state index is 13.6. The number of amides is 1. The number of alkyl halides is 3. The Hall–Kier alpha value is -4.53. The Balaban J connectivity index is 1.47. The number of rotatable bonds is 8. The van der Waals surface area contributed by atoms with Crippen molar-refractivity contribution in [1.29, 1.82) is 0 Å². The first kappa shape index (κ1) is 27.5. The van der Waals surface area contributed by atoms with Crippen LogP contribution < -0.4 is 10.1 Å². The van der Waals surface area contributed by atoms with Gasteiger partial charge in [0, 0.05) is 23.1 Å². The quantitative estimate of drug-likeness (QED) is 0.244. The van der Waals surface area contributed by atoms with E-state index in [9.17, 15) is 22.8 Å². The number of aryl methyl sites for hydroxylation is 1. The molecule has 1 aromatic heterocycles. The highest BCUT2D eigenvalue weighted by Gasteiger charge is 2.34. The van der Waals surface area contributed by atoms with Gasteiger partial charge in [0.25, 0.3) is 5.91 Å². The molecule has 0 fully saturated rings. The minimum absolute atomic E-state index is 0.0373. The Labute approximate surface area is 224 Å². The molecule has 6 nitrogen and oxygen atoms in total. The first-order chi connectivity index (χ1) is 18.6. The number of hydrogen-bond acceptors (Lipinski definition) is 4. The van der Waals surface area contributed by atoms with Gasteiger partial charge in [-0.25, -0.2) is 4.79 Å². The largest absolute Gasteiger partial charge is 0.489 e. The third-order valence-corrected chi connectivity index (χ3v) is 6.09. The lowest BCUT2D eigenvalue weighted by molar-refractivity contribution is -0.137. The standard InChI is InChI=1S/C30H27F3N2O4/c1-4-38-29(37)22-14-12-21(13-15-22)18-39-24-9-7-8-23(17-24)34-28(36)25-16-19(2)35(20(25)3)27-11-6-5-10-26(27)30(31,32)33/h5-17H,4,18H2,1-3H3,(H,34,36). The summed E-state index contributed by atoms with van der Waals surface area (Å²) in [5.41, 5.74) is 2.09. The Morgan fingerprint density at radius 2 is 1.64 bits per heavy atom. The summed E-state index contributed by atoms with van der Waals surface area (Å²) in [7, 11) is 0. The minimum atomic E-state index is -4.54. The van der Waals surface area contributed by atoms with Crippen LogP contribution in [0.4, 0.5) is 18.9 Å². The van der Waals surface area contributed by atoms with Crippen LogP contribution in [0.3, 0.4) is 0 Å². The van der Waals surface area contributed by atoms with Crippen LogP contribution in [0.2, 0.25) is 0 Å². The lowest BCUT2D eigenvalue weighted by atomic mass is 10.1. The molecule has 9 heteroatoms. The van der Waals surface area contributed by atoms with Gasteiger partial charge in [0.1, 0.15) is 12.4 Å². The summed E-state index contributed by atoms with van der Waals surface area (Å²) in [6.45, 7) is 5.55. The van der Waals surface area contributed by atoms with Gasteiger partial charge in [-0.15, -0.1) is 0 Å². The lowest BCUT2D eigenvalue weighted by Crippen LogP contribution is -2.15. The summed E-state index contributed by atoms with van der Waals surface area (Å²) in [5, 5.41) is 2.80. The number of anilines is 1. The monoisotopic (exact) mass is 536 g/mol. The van der Waals surface area contributed by atoms with E-state index < -0.39 is 23.6 Å². The molecule has 202 valence electrons. The summed E-state index contributed by atoms with van der Waals surface area (Å²) < 4.78 is 53.1. The normalized spacial score (nSPS) is 11.2. The number of esters is 1. The highest BCUT2D eigenvalue weighted by atomic mass is 19.4. The van der Waals surface area contributed by atoms with E-state index in [4.69, 9.17) is 9.47 Å². The number of hydrogen-bond donors (Lipinski definition) is 1. The van der Waals surface area contributed by atoms with Gasteiger partial charge in [0.2, 0.25) is 0 Å². The van der Waals surface area contributed by atoms with Crippen molar-refractivity contribution in [1.82, 2.24) is 4.57 Å². The van der Waals surface area contributed by atoms with E-state index in [1.54, 1.807) is 75.4 Å². The zero-order chi connectivity index (χ0) is 28.2. The number of nitrogens with one attached hydrogen (secondary N) is 1. The molecule has 0 radical (unpaired) electrons. The van der Waals surface area contributed by atoms with Gasteiger partial charge in [0.15, 0.2) is 0 Å². The van der Waals surface area contributed by atoms with Crippen LogP contribution in [0.25, 0.3) is 5.69 Å². The number of carbonyl (C=O) groups excluding carboxylic acids is 2. The average molecular weight is 537 g/mol. The number of ether oxygens (including phenoxy) is 2. The van der Waals surface area contributed by atoms with Crippen LogP contribution in [0, 0.1) is 13.8 Å². The smallest absolute Gasteiger partial charge is 0.418 e. The van der Waals surface area contributed by atoms with Gasteiger partial charge < -0.3 is 19.4 Å². The molecule has 4 rings (SSSR count). The van der Waals surface area contributed by atoms with Crippen molar-refractivity contribution in [3.8, 4) is 11.4 Å². The first-order valence-corrected chi connectivity index (χ1v) is 12.2. The van der Waals surface area contributed by atoms with Crippen molar-refractivity contribution in [2.24, 2.45) is 0 Å². The topological polar surface area (TPSA) is 69.6 Å². The fourth-order valence-corrected chi connectivity index (χ4v) is 4.25. The summed E-state index contributed by atoms with van der Waals surface area (Å²) in [6.07, 6.45) is -4.54. The van der Waals surface area contributed by atoms with E-state index in [0.29, 0.717) is 35.0 Å². The van der Waals surface area contributed by atoms with E-state index in [1.807, 2.05) is 0 Å². The number of nitrogens with zero attached hydrogens (tertiary/aromatic N) is 1. The third-order valence-electron chi connectivity index (χ3n) is 6.09. The highest BCUT2D eigenvalue weighted by molar-refractivity contribution is 6.05. The zero-order valence-corrected chi connectivity index (χ0v) is 21.6. The molecule has 0 saturated carbocycles. The molecule has 0 atom stereocenters. The predicted octanol–water partition coefficient (Wildman–Crippen LogP) is 7.12. The van der Waals surface area contributed by atoms with Gasteiger partial charge >= 0.3 is 12.1 Å². The van der Waals surface area contributed by atoms with Crippen molar-refractivity contribution in [2.75, 3.05) is 11.9 Å². The molecular formula is C30H27F3N2O4. The van der Waals surface area contributed by atoms with Crippen LogP contribution >= 0.6 is 0 Å². The molecule has 4 aromatic rings. The molecule has 1 amide bonds. The first-order valence-electron chi connectivity index (χ1n) is 12.2. The van der Waals surface area contributed by atoms with Crippen molar-refractivity contribution in [3.63, 3.8) is 0 Å². The molecule has 39 heavy (non-hydrogen) atoms. The molecule has 0 saturated heterocycles. The van der Waals surface area contributed by atoms with Crippen LogP contribution in [0.1, 0.15) is 50.2 Å². The van der Waals surface area contributed by atoms with Crippen LogP contribution in [-0.4, -0.2) is 23.1 Å². The summed E-state index contributed by atoms with van der Waals surface area (Å²) in [4.78, 5) is 24.9. The second-order valence-electron chi connectivity index (χ2n) is 8.82. The molecule has 0 unspecified atom stereocenters. The van der Waals surface area contributed by atoms with Gasteiger partial charge in [-0.1, -0.05) is 30.3 Å². The highest BCUT2D eigenvalue weighted by Crippen LogP contribution is 2.35. The van der Waals surface area contributed by atoms with Crippen LogP contribution in [-0.2, 0) is 17.5 Å². The molecule has 1 heterocycles. The number of para-hydroxylation sites is 1. The number of benzene rings is 3. The van der Waals surface area contributed by atoms with Crippen molar-refractivity contribution in [2.45, 2.75) is 33.6 Å². The molecule has 0 bridgehead atoms. The van der Waals surface area contributed by atoms with Crippen molar-refractivity contribution < 1.29 is 32.2 Å². The van der Waals surface area contributed by atoms with Crippen molar-refractivity contribution in [3.05, 3.63) is 113 Å². The van der Waals surface area contributed by atoms with Gasteiger partial charge in [-0.05, 0) is 68.8 Å². The number of halogens is 3. The van der Waals surface area contributed by atoms with Crippen LogP contribution in [0.15, 0.2) is 78.9 Å². The van der Waals surface area contributed by atoms with E-state index in [0.717, 1.165) is 11.6 Å². The molecule has 0 aliphatic heterocycles. The predicted molar refractivity (Wildman–Crippen MR) is 141 cm³/mol. The Bertz CT molecular complexity index is 1490. The fraction of sp³-hybridized carbons (Fsp3) is 0.200. The van der Waals surface area contributed by atoms with E-state index in [-0.39, 0.29) is 17.9 Å². The number of aromatic nitrogens is 1. The SMILES string of the molecule is CCOC(=O)c1ccc(COc2cccc(NC(=O)c3cc(C)n(-c4ccccc4C(F)(F)F)c3C)c2)cc1. The summed E-state index contributed by atoms with van der Waals surface area (Å²) in [5.74, 6) is -0.337. The second-order valence-corrected chi connectivity index (χ2v) is 8.82. The molecule has 0 spiro atoms. The minimum Gasteiger partial charge on any atom is -0.489 e. The molecule has 1 N–H and O–H groups in total. The molecule has 0 aliphatic rings. The molecule has 0 aliphatic carbocycles. The van der Waals surface area contributed by atoms with E-state index in [1.165, 1.54) is 22.8 Å². The second kappa shape index (κ2) is 11.5. The maximum Gasteiger partial charge on any atom is 0.418 e. The maximum absolute atomic E-state index is 13.6. The summed E-state index contributed by atoms with van der Waals surface area (Å²) >= 11 is 0.